The summed E-state index contributed by atoms with van der Waals surface area (Å²) in [5.74, 6) is 0.681. The monoisotopic (exact) mass is 289 g/mol. The lowest BCUT2D eigenvalue weighted by atomic mass is 10.2. The largest absolute Gasteiger partial charge is 0.488 e. The molecule has 0 spiro atoms. The van der Waals surface area contributed by atoms with Crippen LogP contribution in [0.25, 0.3) is 11.0 Å². The van der Waals surface area contributed by atoms with Crippen molar-refractivity contribution in [3.63, 3.8) is 0 Å². The normalized spacial score (nSPS) is 11.0. The quantitative estimate of drug-likeness (QED) is 0.696. The molecule has 5 heteroatoms. The molecule has 1 aromatic heterocycles. The SMILES string of the molecule is CCOC(CCOc1c(C#N)oc2ccccc12)OCC. The average molecular weight is 289 g/mol. The Kier molecular flexibility index (Phi) is 5.61. The third kappa shape index (κ3) is 3.75. The third-order valence-electron chi connectivity index (χ3n) is 2.96. The minimum absolute atomic E-state index is 0.195. The van der Waals surface area contributed by atoms with E-state index in [9.17, 15) is 0 Å². The van der Waals surface area contributed by atoms with Crippen LogP contribution in [0.4, 0.5) is 0 Å². The lowest BCUT2D eigenvalue weighted by Crippen LogP contribution is -2.20. The Morgan fingerprint density at radius 2 is 1.90 bits per heavy atom. The zero-order valence-corrected chi connectivity index (χ0v) is 12.3. The van der Waals surface area contributed by atoms with Gasteiger partial charge in [0, 0.05) is 19.6 Å². The van der Waals surface area contributed by atoms with Gasteiger partial charge in [-0.15, -0.1) is 0 Å². The number of hydrogen-bond acceptors (Lipinski definition) is 5. The van der Waals surface area contributed by atoms with E-state index in [2.05, 4.69) is 0 Å². The van der Waals surface area contributed by atoms with E-state index in [0.29, 0.717) is 37.6 Å². The first kappa shape index (κ1) is 15.4. The van der Waals surface area contributed by atoms with Crippen molar-refractivity contribution in [3.8, 4) is 11.8 Å². The lowest BCUT2D eigenvalue weighted by Gasteiger charge is -2.16. The van der Waals surface area contributed by atoms with E-state index in [1.165, 1.54) is 0 Å². The average Bonchev–Trinajstić information content (AvgIpc) is 2.86. The summed E-state index contributed by atoms with van der Waals surface area (Å²) in [6, 6.07) is 9.45. The van der Waals surface area contributed by atoms with Crippen molar-refractivity contribution in [2.75, 3.05) is 19.8 Å². The summed E-state index contributed by atoms with van der Waals surface area (Å²) in [7, 11) is 0. The Balaban J connectivity index is 2.04. The molecule has 0 N–H and O–H groups in total. The van der Waals surface area contributed by atoms with Crippen LogP contribution < -0.4 is 4.74 Å². The third-order valence-corrected chi connectivity index (χ3v) is 2.96. The molecule has 0 amide bonds. The lowest BCUT2D eigenvalue weighted by molar-refractivity contribution is -0.142. The summed E-state index contributed by atoms with van der Waals surface area (Å²) in [6.45, 7) is 5.41. The van der Waals surface area contributed by atoms with Gasteiger partial charge < -0.3 is 18.6 Å². The molecule has 0 atom stereocenters. The number of para-hydroxylation sites is 1. The van der Waals surface area contributed by atoms with Crippen molar-refractivity contribution in [2.24, 2.45) is 0 Å². The van der Waals surface area contributed by atoms with Crippen LogP contribution in [0, 0.1) is 11.3 Å². The number of benzene rings is 1. The Morgan fingerprint density at radius 1 is 1.19 bits per heavy atom. The molecular formula is C16H19NO4. The molecule has 1 heterocycles. The van der Waals surface area contributed by atoms with Crippen LogP contribution >= 0.6 is 0 Å². The van der Waals surface area contributed by atoms with Gasteiger partial charge in [0.1, 0.15) is 11.7 Å². The molecule has 0 saturated carbocycles. The molecule has 5 nitrogen and oxygen atoms in total. The Labute approximate surface area is 124 Å². The van der Waals surface area contributed by atoms with Gasteiger partial charge in [-0.3, -0.25) is 0 Å². The molecule has 0 aliphatic heterocycles. The van der Waals surface area contributed by atoms with E-state index in [0.717, 1.165) is 5.39 Å². The predicted octanol–water partition coefficient (Wildman–Crippen LogP) is 3.47. The summed E-state index contributed by atoms with van der Waals surface area (Å²) in [6.07, 6.45) is 0.301. The maximum atomic E-state index is 9.12. The van der Waals surface area contributed by atoms with Crippen LogP contribution in [0.15, 0.2) is 28.7 Å². The predicted molar refractivity (Wildman–Crippen MR) is 78.1 cm³/mol. The number of nitriles is 1. The summed E-state index contributed by atoms with van der Waals surface area (Å²) >= 11 is 0. The van der Waals surface area contributed by atoms with Gasteiger partial charge in [0.05, 0.1) is 12.0 Å². The first-order chi connectivity index (χ1) is 10.3. The fourth-order valence-corrected chi connectivity index (χ4v) is 2.08. The highest BCUT2D eigenvalue weighted by Crippen LogP contribution is 2.32. The van der Waals surface area contributed by atoms with Gasteiger partial charge in [-0.2, -0.15) is 5.26 Å². The fraction of sp³-hybridized carbons (Fsp3) is 0.438. The van der Waals surface area contributed by atoms with Crippen LogP contribution in [0.1, 0.15) is 26.0 Å². The van der Waals surface area contributed by atoms with Crippen molar-refractivity contribution >= 4 is 11.0 Å². The smallest absolute Gasteiger partial charge is 0.246 e. The summed E-state index contributed by atoms with van der Waals surface area (Å²) < 4.78 is 22.1. The van der Waals surface area contributed by atoms with Gasteiger partial charge in [-0.05, 0) is 26.0 Å². The van der Waals surface area contributed by atoms with Crippen LogP contribution in [-0.2, 0) is 9.47 Å². The van der Waals surface area contributed by atoms with Crippen LogP contribution in [0.5, 0.6) is 5.75 Å². The molecule has 21 heavy (non-hydrogen) atoms. The Bertz CT molecular complexity index is 608. The van der Waals surface area contributed by atoms with Gasteiger partial charge >= 0.3 is 0 Å². The second kappa shape index (κ2) is 7.67. The highest BCUT2D eigenvalue weighted by Gasteiger charge is 2.16. The number of fused-ring (bicyclic) bond motifs is 1. The molecule has 1 aromatic carbocycles. The summed E-state index contributed by atoms with van der Waals surface area (Å²) in [5, 5.41) is 9.93. The second-order valence-corrected chi connectivity index (χ2v) is 4.35. The van der Waals surface area contributed by atoms with E-state index in [1.807, 2.05) is 44.2 Å². The molecule has 0 aliphatic rings. The van der Waals surface area contributed by atoms with E-state index >= 15 is 0 Å². The number of ether oxygens (including phenoxy) is 3. The van der Waals surface area contributed by atoms with Gasteiger partial charge in [0.15, 0.2) is 12.0 Å². The van der Waals surface area contributed by atoms with E-state index in [4.69, 9.17) is 23.9 Å². The zero-order valence-electron chi connectivity index (χ0n) is 12.3. The molecule has 2 aromatic rings. The standard InChI is InChI=1S/C16H19NO4/c1-3-18-15(19-4-2)9-10-20-16-12-7-5-6-8-13(12)21-14(16)11-17/h5-8,15H,3-4,9-10H2,1-2H3. The number of furan rings is 1. The van der Waals surface area contributed by atoms with Crippen LogP contribution in [0.2, 0.25) is 0 Å². The Morgan fingerprint density at radius 3 is 2.57 bits per heavy atom. The Hall–Kier alpha value is -2.03. The first-order valence-corrected chi connectivity index (χ1v) is 7.07. The van der Waals surface area contributed by atoms with Gasteiger partial charge in [0.2, 0.25) is 5.76 Å². The highest BCUT2D eigenvalue weighted by atomic mass is 16.7. The van der Waals surface area contributed by atoms with E-state index in [-0.39, 0.29) is 12.1 Å². The molecular weight excluding hydrogens is 270 g/mol. The molecule has 0 unspecified atom stereocenters. The van der Waals surface area contributed by atoms with Gasteiger partial charge in [0.25, 0.3) is 0 Å². The van der Waals surface area contributed by atoms with Gasteiger partial charge in [-0.1, -0.05) is 12.1 Å². The van der Waals surface area contributed by atoms with Crippen LogP contribution in [-0.4, -0.2) is 26.1 Å². The maximum Gasteiger partial charge on any atom is 0.246 e. The molecule has 2 rings (SSSR count). The van der Waals surface area contributed by atoms with Gasteiger partial charge in [-0.25, -0.2) is 0 Å². The van der Waals surface area contributed by atoms with Crippen molar-refractivity contribution in [2.45, 2.75) is 26.6 Å². The number of rotatable bonds is 8. The molecule has 0 fully saturated rings. The second-order valence-electron chi connectivity index (χ2n) is 4.35. The van der Waals surface area contributed by atoms with Crippen molar-refractivity contribution in [3.05, 3.63) is 30.0 Å². The van der Waals surface area contributed by atoms with Crippen LogP contribution in [0.3, 0.4) is 0 Å². The minimum atomic E-state index is -0.288. The molecule has 0 radical (unpaired) electrons. The van der Waals surface area contributed by atoms with Crippen molar-refractivity contribution in [1.29, 1.82) is 5.26 Å². The number of hydrogen-bond donors (Lipinski definition) is 0. The molecule has 0 bridgehead atoms. The molecule has 0 saturated heterocycles. The maximum absolute atomic E-state index is 9.12. The van der Waals surface area contributed by atoms with E-state index < -0.39 is 0 Å². The highest BCUT2D eigenvalue weighted by molar-refractivity contribution is 5.86. The fourth-order valence-electron chi connectivity index (χ4n) is 2.08. The topological polar surface area (TPSA) is 64.6 Å². The van der Waals surface area contributed by atoms with E-state index in [1.54, 1.807) is 0 Å². The summed E-state index contributed by atoms with van der Waals surface area (Å²) in [4.78, 5) is 0. The summed E-state index contributed by atoms with van der Waals surface area (Å²) in [5.41, 5.74) is 0.648. The van der Waals surface area contributed by atoms with Crippen molar-refractivity contribution in [1.82, 2.24) is 0 Å². The number of nitrogens with zero attached hydrogens (tertiary/aromatic N) is 1. The first-order valence-electron chi connectivity index (χ1n) is 7.07. The van der Waals surface area contributed by atoms with Crippen molar-refractivity contribution < 1.29 is 18.6 Å². The molecule has 0 aliphatic carbocycles. The zero-order chi connectivity index (χ0) is 15.1. The minimum Gasteiger partial charge on any atom is -0.488 e. The molecule has 112 valence electrons.